The molecule has 116 valence electrons. The second-order valence-corrected chi connectivity index (χ2v) is 5.20. The van der Waals surface area contributed by atoms with Crippen molar-refractivity contribution in [3.05, 3.63) is 29.8 Å². The number of nitrogens with zero attached hydrogens (tertiary/aromatic N) is 1. The third kappa shape index (κ3) is 4.35. The van der Waals surface area contributed by atoms with Gasteiger partial charge in [0, 0.05) is 24.8 Å². The van der Waals surface area contributed by atoms with E-state index in [2.05, 4.69) is 5.32 Å². The molecule has 3 N–H and O–H groups in total. The van der Waals surface area contributed by atoms with Crippen molar-refractivity contribution in [2.45, 2.75) is 25.1 Å². The van der Waals surface area contributed by atoms with E-state index in [0.717, 1.165) is 6.07 Å². The average molecular weight is 301 g/mol. The first-order valence-electron chi connectivity index (χ1n) is 6.79. The molecule has 1 aromatic rings. The van der Waals surface area contributed by atoms with Crippen LogP contribution >= 0.6 is 0 Å². The molecule has 0 atom stereocenters. The Kier molecular flexibility index (Phi) is 4.72. The van der Waals surface area contributed by atoms with E-state index in [0.29, 0.717) is 25.9 Å². The Morgan fingerprint density at radius 2 is 1.90 bits per heavy atom. The van der Waals surface area contributed by atoms with Gasteiger partial charge < -0.3 is 11.1 Å². The number of anilines is 1. The number of nitrogens with one attached hydrogen (secondary N) is 1. The molecule has 1 fully saturated rings. The van der Waals surface area contributed by atoms with Gasteiger partial charge >= 0.3 is 6.18 Å². The summed E-state index contributed by atoms with van der Waals surface area (Å²) in [7, 11) is 0. The number of hydrogen-bond acceptors (Lipinski definition) is 3. The van der Waals surface area contributed by atoms with Crippen LogP contribution in [0.3, 0.4) is 0 Å². The van der Waals surface area contributed by atoms with Crippen molar-refractivity contribution >= 4 is 11.6 Å². The van der Waals surface area contributed by atoms with E-state index in [4.69, 9.17) is 5.73 Å². The Morgan fingerprint density at radius 3 is 2.48 bits per heavy atom. The molecular formula is C14H18F3N3O. The lowest BCUT2D eigenvalue weighted by atomic mass is 10.0. The van der Waals surface area contributed by atoms with Crippen LogP contribution in [0.5, 0.6) is 0 Å². The number of nitrogens with two attached hydrogens (primary N) is 1. The molecule has 0 spiro atoms. The third-order valence-electron chi connectivity index (χ3n) is 3.56. The molecule has 1 amide bonds. The van der Waals surface area contributed by atoms with Crippen LogP contribution in [0.1, 0.15) is 18.4 Å². The lowest BCUT2D eigenvalue weighted by molar-refractivity contribution is -0.137. The number of alkyl halides is 3. The Morgan fingerprint density at radius 1 is 1.29 bits per heavy atom. The summed E-state index contributed by atoms with van der Waals surface area (Å²) in [5, 5.41) is 2.97. The number of carbonyl (C=O) groups is 1. The zero-order valence-corrected chi connectivity index (χ0v) is 11.5. The van der Waals surface area contributed by atoms with Crippen LogP contribution in [0.4, 0.5) is 18.9 Å². The van der Waals surface area contributed by atoms with Gasteiger partial charge in [-0.05, 0) is 25.0 Å². The van der Waals surface area contributed by atoms with Crippen molar-refractivity contribution < 1.29 is 18.0 Å². The molecule has 2 rings (SSSR count). The van der Waals surface area contributed by atoms with E-state index in [-0.39, 0.29) is 24.2 Å². The minimum atomic E-state index is -4.36. The van der Waals surface area contributed by atoms with Crippen LogP contribution in [-0.4, -0.2) is 36.5 Å². The Hall–Kier alpha value is -1.76. The third-order valence-corrected chi connectivity index (χ3v) is 3.56. The molecule has 0 bridgehead atoms. The first-order chi connectivity index (χ1) is 9.86. The zero-order valence-electron chi connectivity index (χ0n) is 11.5. The standard InChI is InChI=1S/C14H18F3N3O/c15-14(16,17)11-3-1-2-4-12(11)19-10-5-7-20(8-6-10)9-13(18)21/h1-4,10,19H,5-9H2,(H2,18,21). The van der Waals surface area contributed by atoms with Gasteiger partial charge in [-0.2, -0.15) is 13.2 Å². The smallest absolute Gasteiger partial charge is 0.382 e. The maximum absolute atomic E-state index is 12.9. The second kappa shape index (κ2) is 6.34. The van der Waals surface area contributed by atoms with E-state index in [1.165, 1.54) is 12.1 Å². The molecule has 0 saturated carbocycles. The quantitative estimate of drug-likeness (QED) is 0.895. The highest BCUT2D eigenvalue weighted by Gasteiger charge is 2.33. The van der Waals surface area contributed by atoms with Gasteiger partial charge in [0.25, 0.3) is 0 Å². The fourth-order valence-electron chi connectivity index (χ4n) is 2.53. The predicted molar refractivity (Wildman–Crippen MR) is 73.7 cm³/mol. The van der Waals surface area contributed by atoms with Gasteiger partial charge in [-0.25, -0.2) is 0 Å². The number of para-hydroxylation sites is 1. The molecule has 0 unspecified atom stereocenters. The molecule has 21 heavy (non-hydrogen) atoms. The average Bonchev–Trinajstić information content (AvgIpc) is 2.40. The van der Waals surface area contributed by atoms with Crippen molar-refractivity contribution in [3.63, 3.8) is 0 Å². The number of likely N-dealkylation sites (tertiary alicyclic amines) is 1. The number of primary amides is 1. The maximum atomic E-state index is 12.9. The highest BCUT2D eigenvalue weighted by molar-refractivity contribution is 5.75. The fourth-order valence-corrected chi connectivity index (χ4v) is 2.53. The lowest BCUT2D eigenvalue weighted by Gasteiger charge is -2.32. The molecular weight excluding hydrogens is 283 g/mol. The predicted octanol–water partition coefficient (Wildman–Crippen LogP) is 2.07. The minimum absolute atomic E-state index is 0.0300. The van der Waals surface area contributed by atoms with E-state index >= 15 is 0 Å². The molecule has 0 radical (unpaired) electrons. The molecule has 7 heteroatoms. The summed E-state index contributed by atoms with van der Waals surface area (Å²) < 4.78 is 38.7. The first-order valence-corrected chi connectivity index (χ1v) is 6.79. The molecule has 0 aliphatic carbocycles. The highest BCUT2D eigenvalue weighted by atomic mass is 19.4. The van der Waals surface area contributed by atoms with Gasteiger partial charge in [-0.3, -0.25) is 9.69 Å². The largest absolute Gasteiger partial charge is 0.418 e. The van der Waals surface area contributed by atoms with Crippen molar-refractivity contribution in [1.29, 1.82) is 0 Å². The summed E-state index contributed by atoms with van der Waals surface area (Å²) in [5.74, 6) is -0.385. The van der Waals surface area contributed by atoms with E-state index < -0.39 is 11.7 Å². The van der Waals surface area contributed by atoms with Gasteiger partial charge in [0.05, 0.1) is 12.1 Å². The molecule has 1 aromatic carbocycles. The second-order valence-electron chi connectivity index (χ2n) is 5.20. The van der Waals surface area contributed by atoms with Crippen LogP contribution in [0.25, 0.3) is 0 Å². The molecule has 1 saturated heterocycles. The Bertz CT molecular complexity index is 496. The summed E-state index contributed by atoms with van der Waals surface area (Å²) in [6.45, 7) is 1.50. The van der Waals surface area contributed by atoms with E-state index in [1.54, 1.807) is 6.07 Å². The number of carbonyl (C=O) groups excluding carboxylic acids is 1. The van der Waals surface area contributed by atoms with Crippen molar-refractivity contribution in [1.82, 2.24) is 4.90 Å². The summed E-state index contributed by atoms with van der Waals surface area (Å²) in [4.78, 5) is 12.7. The number of hydrogen-bond donors (Lipinski definition) is 2. The van der Waals surface area contributed by atoms with Gasteiger partial charge in [-0.1, -0.05) is 12.1 Å². The summed E-state index contributed by atoms with van der Waals surface area (Å²) in [6.07, 6.45) is -3.00. The highest BCUT2D eigenvalue weighted by Crippen LogP contribution is 2.35. The Labute approximate surface area is 121 Å². The summed E-state index contributed by atoms with van der Waals surface area (Å²) in [6, 6.07) is 5.45. The van der Waals surface area contributed by atoms with Gasteiger partial charge in [0.2, 0.25) is 5.91 Å². The van der Waals surface area contributed by atoms with Crippen LogP contribution in [0, 0.1) is 0 Å². The van der Waals surface area contributed by atoms with Crippen LogP contribution in [0.15, 0.2) is 24.3 Å². The lowest BCUT2D eigenvalue weighted by Crippen LogP contribution is -2.43. The van der Waals surface area contributed by atoms with Gasteiger partial charge in [-0.15, -0.1) is 0 Å². The fraction of sp³-hybridized carbons (Fsp3) is 0.500. The summed E-state index contributed by atoms with van der Waals surface area (Å²) in [5.41, 5.74) is 4.59. The molecule has 0 aromatic heterocycles. The molecule has 1 heterocycles. The van der Waals surface area contributed by atoms with Crippen molar-refractivity contribution in [2.75, 3.05) is 25.0 Å². The van der Waals surface area contributed by atoms with Gasteiger partial charge in [0.1, 0.15) is 0 Å². The van der Waals surface area contributed by atoms with Crippen molar-refractivity contribution in [3.8, 4) is 0 Å². The SMILES string of the molecule is NC(=O)CN1CCC(Nc2ccccc2C(F)(F)F)CC1. The number of amides is 1. The molecule has 4 nitrogen and oxygen atoms in total. The number of benzene rings is 1. The van der Waals surface area contributed by atoms with Crippen LogP contribution < -0.4 is 11.1 Å². The Balaban J connectivity index is 1.97. The monoisotopic (exact) mass is 301 g/mol. The van der Waals surface area contributed by atoms with Crippen LogP contribution in [0.2, 0.25) is 0 Å². The number of halogens is 3. The number of piperidine rings is 1. The van der Waals surface area contributed by atoms with E-state index in [1.807, 2.05) is 4.90 Å². The summed E-state index contributed by atoms with van der Waals surface area (Å²) >= 11 is 0. The number of rotatable bonds is 4. The van der Waals surface area contributed by atoms with Crippen LogP contribution in [-0.2, 0) is 11.0 Å². The maximum Gasteiger partial charge on any atom is 0.418 e. The molecule has 1 aliphatic heterocycles. The molecule has 1 aliphatic rings. The van der Waals surface area contributed by atoms with E-state index in [9.17, 15) is 18.0 Å². The minimum Gasteiger partial charge on any atom is -0.382 e. The van der Waals surface area contributed by atoms with Crippen molar-refractivity contribution in [2.24, 2.45) is 5.73 Å². The first kappa shape index (κ1) is 15.6. The topological polar surface area (TPSA) is 58.4 Å². The zero-order chi connectivity index (χ0) is 15.5. The van der Waals surface area contributed by atoms with Gasteiger partial charge in [0.15, 0.2) is 0 Å². The normalized spacial score (nSPS) is 17.7.